The zero-order chi connectivity index (χ0) is 14.7. The summed E-state index contributed by atoms with van der Waals surface area (Å²) in [5.74, 6) is -0.385. The summed E-state index contributed by atoms with van der Waals surface area (Å²) in [6.07, 6.45) is 1.95. The molecular formula is C11H10ClN5O3. The molecule has 0 fully saturated rings. The smallest absolute Gasteiger partial charge is 0.305 e. The highest BCUT2D eigenvalue weighted by Crippen LogP contribution is 2.26. The Morgan fingerprint density at radius 2 is 2.35 bits per heavy atom. The highest BCUT2D eigenvalue weighted by atomic mass is 35.5. The minimum atomic E-state index is -0.744. The van der Waals surface area contributed by atoms with E-state index in [4.69, 9.17) is 11.6 Å². The van der Waals surface area contributed by atoms with Crippen molar-refractivity contribution >= 4 is 29.0 Å². The number of carbonyl (C=O) groups excluding carboxylic acids is 1. The number of rotatable bonds is 4. The number of nitrogens with one attached hydrogen (secondary N) is 2. The van der Waals surface area contributed by atoms with Crippen LogP contribution in [0.15, 0.2) is 18.3 Å². The summed E-state index contributed by atoms with van der Waals surface area (Å²) in [6.45, 7) is 1.92. The largest absolute Gasteiger partial charge is 0.319 e. The van der Waals surface area contributed by atoms with Crippen molar-refractivity contribution in [1.29, 1.82) is 0 Å². The molecule has 2 heterocycles. The first-order valence-corrected chi connectivity index (χ1v) is 6.05. The molecule has 0 aliphatic carbocycles. The van der Waals surface area contributed by atoms with E-state index in [2.05, 4.69) is 20.5 Å². The molecule has 0 spiro atoms. The zero-order valence-electron chi connectivity index (χ0n) is 10.4. The fraction of sp³-hybridized carbons (Fsp3) is 0.182. The van der Waals surface area contributed by atoms with Crippen LogP contribution in [0, 0.1) is 10.1 Å². The second-order valence-corrected chi connectivity index (χ2v) is 4.20. The number of amides is 1. The molecule has 0 aromatic carbocycles. The van der Waals surface area contributed by atoms with E-state index in [1.54, 1.807) is 6.07 Å². The lowest BCUT2D eigenvalue weighted by molar-refractivity contribution is -0.385. The lowest BCUT2D eigenvalue weighted by Crippen LogP contribution is -2.14. The van der Waals surface area contributed by atoms with Gasteiger partial charge in [-0.2, -0.15) is 5.10 Å². The number of carbonyl (C=O) groups is 1. The van der Waals surface area contributed by atoms with Crippen molar-refractivity contribution in [3.05, 3.63) is 44.9 Å². The summed E-state index contributed by atoms with van der Waals surface area (Å²) < 4.78 is 0. The minimum absolute atomic E-state index is 0.170. The molecule has 1 amide bonds. The molecule has 0 saturated carbocycles. The monoisotopic (exact) mass is 295 g/mol. The third-order valence-electron chi connectivity index (χ3n) is 2.56. The molecule has 20 heavy (non-hydrogen) atoms. The standard InChI is InChI=1S/C11H10ClN5O3/c1-2-6-5-8(16-15-6)14-11(18)7-3-4-13-10(12)9(7)17(19)20/h3-5H,2H2,1H3,(H2,14,15,16,18). The lowest BCUT2D eigenvalue weighted by atomic mass is 10.2. The predicted octanol–water partition coefficient (Wildman–Crippen LogP) is 2.18. The van der Waals surface area contributed by atoms with Gasteiger partial charge in [0.25, 0.3) is 5.91 Å². The van der Waals surface area contributed by atoms with Crippen molar-refractivity contribution in [3.63, 3.8) is 0 Å². The number of aryl methyl sites for hydroxylation is 1. The average molecular weight is 296 g/mol. The van der Waals surface area contributed by atoms with Crippen LogP contribution in [-0.4, -0.2) is 26.0 Å². The van der Waals surface area contributed by atoms with Crippen LogP contribution in [-0.2, 0) is 6.42 Å². The summed E-state index contributed by atoms with van der Waals surface area (Å²) in [4.78, 5) is 25.8. The van der Waals surface area contributed by atoms with E-state index in [9.17, 15) is 14.9 Å². The Labute approximate surface area is 118 Å². The highest BCUT2D eigenvalue weighted by Gasteiger charge is 2.25. The van der Waals surface area contributed by atoms with Gasteiger partial charge in [-0.05, 0) is 12.5 Å². The van der Waals surface area contributed by atoms with E-state index in [1.165, 1.54) is 12.3 Å². The van der Waals surface area contributed by atoms with Crippen LogP contribution in [0.3, 0.4) is 0 Å². The fourth-order valence-electron chi connectivity index (χ4n) is 1.58. The number of nitro groups is 1. The van der Waals surface area contributed by atoms with Gasteiger partial charge in [-0.15, -0.1) is 0 Å². The SMILES string of the molecule is CCc1cc(NC(=O)c2ccnc(Cl)c2[N+](=O)[O-])n[nH]1. The maximum atomic E-state index is 12.0. The lowest BCUT2D eigenvalue weighted by Gasteiger charge is -2.03. The number of halogens is 1. The van der Waals surface area contributed by atoms with Crippen LogP contribution in [0.1, 0.15) is 23.0 Å². The van der Waals surface area contributed by atoms with Crippen molar-refractivity contribution in [2.45, 2.75) is 13.3 Å². The van der Waals surface area contributed by atoms with Gasteiger partial charge in [-0.3, -0.25) is 20.0 Å². The van der Waals surface area contributed by atoms with Gasteiger partial charge in [-0.25, -0.2) is 4.98 Å². The first-order chi connectivity index (χ1) is 9.52. The molecular weight excluding hydrogens is 286 g/mol. The molecule has 0 bridgehead atoms. The van der Waals surface area contributed by atoms with Gasteiger partial charge in [0.1, 0.15) is 5.56 Å². The summed E-state index contributed by atoms with van der Waals surface area (Å²) >= 11 is 5.64. The quantitative estimate of drug-likeness (QED) is 0.510. The van der Waals surface area contributed by atoms with Crippen LogP contribution in [0.25, 0.3) is 0 Å². The number of hydrogen-bond donors (Lipinski definition) is 2. The number of nitrogens with zero attached hydrogens (tertiary/aromatic N) is 3. The van der Waals surface area contributed by atoms with Gasteiger partial charge in [0, 0.05) is 18.0 Å². The van der Waals surface area contributed by atoms with E-state index in [0.717, 1.165) is 12.1 Å². The highest BCUT2D eigenvalue weighted by molar-refractivity contribution is 6.32. The van der Waals surface area contributed by atoms with Crippen molar-refractivity contribution < 1.29 is 9.72 Å². The zero-order valence-corrected chi connectivity index (χ0v) is 11.1. The maximum Gasteiger partial charge on any atom is 0.319 e. The van der Waals surface area contributed by atoms with Crippen LogP contribution >= 0.6 is 11.6 Å². The predicted molar refractivity (Wildman–Crippen MR) is 71.8 cm³/mol. The molecule has 2 aromatic rings. The molecule has 104 valence electrons. The molecule has 0 atom stereocenters. The number of pyridine rings is 1. The molecule has 2 aromatic heterocycles. The van der Waals surface area contributed by atoms with E-state index < -0.39 is 16.5 Å². The van der Waals surface area contributed by atoms with Gasteiger partial charge in [-0.1, -0.05) is 18.5 Å². The Hall–Kier alpha value is -2.48. The summed E-state index contributed by atoms with van der Waals surface area (Å²) in [6, 6.07) is 2.87. The molecule has 8 nitrogen and oxygen atoms in total. The van der Waals surface area contributed by atoms with Crippen LogP contribution in [0.2, 0.25) is 5.15 Å². The molecule has 0 unspecified atom stereocenters. The van der Waals surface area contributed by atoms with Gasteiger partial charge in [0.2, 0.25) is 5.15 Å². The van der Waals surface area contributed by atoms with Crippen molar-refractivity contribution in [1.82, 2.24) is 15.2 Å². The summed E-state index contributed by atoms with van der Waals surface area (Å²) in [5.41, 5.74) is 0.136. The number of aromatic nitrogens is 3. The molecule has 0 aliphatic heterocycles. The van der Waals surface area contributed by atoms with Crippen molar-refractivity contribution in [2.24, 2.45) is 0 Å². The second kappa shape index (κ2) is 5.66. The van der Waals surface area contributed by atoms with Crippen LogP contribution < -0.4 is 5.32 Å². The van der Waals surface area contributed by atoms with Crippen LogP contribution in [0.5, 0.6) is 0 Å². The molecule has 2 rings (SSSR count). The topological polar surface area (TPSA) is 114 Å². The van der Waals surface area contributed by atoms with Gasteiger partial charge < -0.3 is 5.32 Å². The molecule has 0 saturated heterocycles. The Bertz CT molecular complexity index is 670. The molecule has 0 radical (unpaired) electrons. The van der Waals surface area contributed by atoms with Crippen LogP contribution in [0.4, 0.5) is 11.5 Å². The maximum absolute atomic E-state index is 12.0. The first kappa shape index (κ1) is 13.9. The normalized spacial score (nSPS) is 10.3. The number of H-pyrrole nitrogens is 1. The van der Waals surface area contributed by atoms with Gasteiger partial charge in [0.05, 0.1) is 4.92 Å². The summed E-state index contributed by atoms with van der Waals surface area (Å²) in [7, 11) is 0. The Morgan fingerprint density at radius 3 is 2.95 bits per heavy atom. The number of anilines is 1. The van der Waals surface area contributed by atoms with Gasteiger partial charge >= 0.3 is 5.69 Å². The average Bonchev–Trinajstić information content (AvgIpc) is 2.85. The second-order valence-electron chi connectivity index (χ2n) is 3.84. The van der Waals surface area contributed by atoms with E-state index in [-0.39, 0.29) is 16.5 Å². The fourth-order valence-corrected chi connectivity index (χ4v) is 1.80. The Kier molecular flexibility index (Phi) is 3.94. The van der Waals surface area contributed by atoms with Crippen molar-refractivity contribution in [2.75, 3.05) is 5.32 Å². The number of hydrogen-bond acceptors (Lipinski definition) is 5. The Balaban J connectivity index is 2.29. The van der Waals surface area contributed by atoms with Gasteiger partial charge in [0.15, 0.2) is 5.82 Å². The third-order valence-corrected chi connectivity index (χ3v) is 2.84. The van der Waals surface area contributed by atoms with E-state index in [1.807, 2.05) is 6.92 Å². The Morgan fingerprint density at radius 1 is 1.60 bits per heavy atom. The van der Waals surface area contributed by atoms with E-state index in [0.29, 0.717) is 0 Å². The number of aromatic amines is 1. The summed E-state index contributed by atoms with van der Waals surface area (Å²) in [5, 5.41) is 19.7. The minimum Gasteiger partial charge on any atom is -0.305 e. The van der Waals surface area contributed by atoms with E-state index >= 15 is 0 Å². The molecule has 2 N–H and O–H groups in total. The first-order valence-electron chi connectivity index (χ1n) is 5.67. The third kappa shape index (κ3) is 2.75. The molecule has 9 heteroatoms. The molecule has 0 aliphatic rings. The van der Waals surface area contributed by atoms with Crippen molar-refractivity contribution in [3.8, 4) is 0 Å².